The topological polar surface area (TPSA) is 6.48 Å². The second kappa shape index (κ2) is 8.66. The minimum Gasteiger partial charge on any atom is -0.344 e. The van der Waals surface area contributed by atoms with E-state index in [1.807, 2.05) is 36.4 Å². The van der Waals surface area contributed by atoms with Gasteiger partial charge in [0.25, 0.3) is 0 Å². The first-order valence-corrected chi connectivity index (χ1v) is 11.1. The SMILES string of the molecule is Clc1cccc(N2CN(c3cccc(Cl)c3)C(c3ccccc3)C2c2ccccc2)c1. The first-order valence-electron chi connectivity index (χ1n) is 10.3. The van der Waals surface area contributed by atoms with Crippen molar-refractivity contribution in [3.05, 3.63) is 130 Å². The lowest BCUT2D eigenvalue weighted by atomic mass is 9.92. The third-order valence-electron chi connectivity index (χ3n) is 5.84. The molecule has 31 heavy (non-hydrogen) atoms. The summed E-state index contributed by atoms with van der Waals surface area (Å²) in [5, 5.41) is 1.48. The van der Waals surface area contributed by atoms with Crippen molar-refractivity contribution in [1.29, 1.82) is 0 Å². The van der Waals surface area contributed by atoms with Crippen LogP contribution in [0.4, 0.5) is 11.4 Å². The van der Waals surface area contributed by atoms with Gasteiger partial charge in [0.05, 0.1) is 18.8 Å². The second-order valence-corrected chi connectivity index (χ2v) is 8.62. The highest BCUT2D eigenvalue weighted by Gasteiger charge is 2.42. The quantitative estimate of drug-likeness (QED) is 0.317. The van der Waals surface area contributed by atoms with Crippen molar-refractivity contribution >= 4 is 34.6 Å². The summed E-state index contributed by atoms with van der Waals surface area (Å²) >= 11 is 12.8. The molecule has 0 N–H and O–H groups in total. The predicted molar refractivity (Wildman–Crippen MR) is 131 cm³/mol. The minimum atomic E-state index is 0.112. The Hall–Kier alpha value is -2.94. The molecule has 1 saturated heterocycles. The van der Waals surface area contributed by atoms with Crippen LogP contribution in [-0.4, -0.2) is 6.67 Å². The highest BCUT2D eigenvalue weighted by molar-refractivity contribution is 6.31. The zero-order chi connectivity index (χ0) is 21.2. The number of rotatable bonds is 4. The van der Waals surface area contributed by atoms with Crippen molar-refractivity contribution in [1.82, 2.24) is 0 Å². The van der Waals surface area contributed by atoms with E-state index in [-0.39, 0.29) is 12.1 Å². The molecule has 4 aromatic carbocycles. The van der Waals surface area contributed by atoms with Crippen LogP contribution in [-0.2, 0) is 0 Å². The van der Waals surface area contributed by atoms with Gasteiger partial charge in [-0.15, -0.1) is 0 Å². The van der Waals surface area contributed by atoms with E-state index in [9.17, 15) is 0 Å². The van der Waals surface area contributed by atoms with Crippen LogP contribution < -0.4 is 9.80 Å². The summed E-state index contributed by atoms with van der Waals surface area (Å²) in [7, 11) is 0. The molecule has 1 fully saturated rings. The molecule has 0 amide bonds. The minimum absolute atomic E-state index is 0.112. The molecule has 5 rings (SSSR count). The van der Waals surface area contributed by atoms with Crippen LogP contribution in [0.15, 0.2) is 109 Å². The number of benzene rings is 4. The zero-order valence-electron chi connectivity index (χ0n) is 16.9. The van der Waals surface area contributed by atoms with Crippen LogP contribution in [0.25, 0.3) is 0 Å². The Kier molecular flexibility index (Phi) is 5.59. The summed E-state index contributed by atoms with van der Waals surface area (Å²) in [6.45, 7) is 0.722. The Morgan fingerprint density at radius 2 is 0.935 bits per heavy atom. The van der Waals surface area contributed by atoms with Crippen molar-refractivity contribution in [3.63, 3.8) is 0 Å². The number of anilines is 2. The van der Waals surface area contributed by atoms with Gasteiger partial charge in [-0.1, -0.05) is 96.0 Å². The van der Waals surface area contributed by atoms with E-state index < -0.39 is 0 Å². The highest BCUT2D eigenvalue weighted by atomic mass is 35.5. The molecule has 0 bridgehead atoms. The van der Waals surface area contributed by atoms with E-state index in [0.29, 0.717) is 0 Å². The van der Waals surface area contributed by atoms with Gasteiger partial charge in [-0.25, -0.2) is 0 Å². The maximum absolute atomic E-state index is 6.39. The van der Waals surface area contributed by atoms with E-state index in [0.717, 1.165) is 28.1 Å². The Labute approximate surface area is 193 Å². The van der Waals surface area contributed by atoms with Crippen LogP contribution in [0.2, 0.25) is 10.0 Å². The average Bonchev–Trinajstić information content (AvgIpc) is 3.21. The molecule has 0 saturated carbocycles. The molecule has 1 aliphatic heterocycles. The summed E-state index contributed by atoms with van der Waals surface area (Å²) in [6.07, 6.45) is 0. The summed E-state index contributed by atoms with van der Waals surface area (Å²) in [6, 6.07) is 37.8. The monoisotopic (exact) mass is 444 g/mol. The molecular formula is C27H22Cl2N2. The maximum atomic E-state index is 6.39. The number of halogens is 2. The molecule has 2 atom stereocenters. The molecular weight excluding hydrogens is 423 g/mol. The Balaban J connectivity index is 1.70. The van der Waals surface area contributed by atoms with Gasteiger partial charge >= 0.3 is 0 Å². The lowest BCUT2D eigenvalue weighted by Gasteiger charge is -2.30. The third-order valence-corrected chi connectivity index (χ3v) is 6.31. The molecule has 4 aromatic rings. The number of hydrogen-bond acceptors (Lipinski definition) is 2. The Bertz CT molecular complexity index is 1070. The molecule has 0 aromatic heterocycles. The van der Waals surface area contributed by atoms with Crippen molar-refractivity contribution in [3.8, 4) is 0 Å². The van der Waals surface area contributed by atoms with Gasteiger partial charge in [-0.2, -0.15) is 0 Å². The van der Waals surface area contributed by atoms with Gasteiger partial charge in [0.2, 0.25) is 0 Å². The summed E-state index contributed by atoms with van der Waals surface area (Å²) in [5.41, 5.74) is 4.74. The molecule has 4 heteroatoms. The fraction of sp³-hybridized carbons (Fsp3) is 0.111. The molecule has 0 radical (unpaired) electrons. The summed E-state index contributed by atoms with van der Waals surface area (Å²) < 4.78 is 0. The van der Waals surface area contributed by atoms with Crippen molar-refractivity contribution in [2.45, 2.75) is 12.1 Å². The smallest absolute Gasteiger partial charge is 0.0917 e. The molecule has 0 aliphatic carbocycles. The van der Waals surface area contributed by atoms with Crippen molar-refractivity contribution in [2.24, 2.45) is 0 Å². The van der Waals surface area contributed by atoms with Gasteiger partial charge in [0.1, 0.15) is 0 Å². The van der Waals surface area contributed by atoms with Crippen LogP contribution in [0, 0.1) is 0 Å². The van der Waals surface area contributed by atoms with Gasteiger partial charge in [-0.3, -0.25) is 0 Å². The fourth-order valence-corrected chi connectivity index (χ4v) is 4.87. The molecule has 2 unspecified atom stereocenters. The lowest BCUT2D eigenvalue weighted by Crippen LogP contribution is -2.26. The Morgan fingerprint density at radius 1 is 0.516 bits per heavy atom. The fourth-order valence-electron chi connectivity index (χ4n) is 4.50. The van der Waals surface area contributed by atoms with E-state index in [4.69, 9.17) is 23.2 Å². The molecule has 1 aliphatic rings. The van der Waals surface area contributed by atoms with Crippen LogP contribution in [0.1, 0.15) is 23.2 Å². The first kappa shape index (κ1) is 20.0. The van der Waals surface area contributed by atoms with E-state index >= 15 is 0 Å². The molecule has 2 nitrogen and oxygen atoms in total. The van der Waals surface area contributed by atoms with Crippen molar-refractivity contribution < 1.29 is 0 Å². The predicted octanol–water partition coefficient (Wildman–Crippen LogP) is 7.76. The third kappa shape index (κ3) is 4.01. The van der Waals surface area contributed by atoms with Gasteiger partial charge < -0.3 is 9.80 Å². The first-order chi connectivity index (χ1) is 15.2. The number of nitrogens with zero attached hydrogens (tertiary/aromatic N) is 2. The van der Waals surface area contributed by atoms with E-state index in [1.165, 1.54) is 11.1 Å². The number of hydrogen-bond donors (Lipinski definition) is 0. The largest absolute Gasteiger partial charge is 0.344 e. The average molecular weight is 445 g/mol. The van der Waals surface area contributed by atoms with Crippen molar-refractivity contribution in [2.75, 3.05) is 16.5 Å². The van der Waals surface area contributed by atoms with Gasteiger partial charge in [0.15, 0.2) is 0 Å². The Morgan fingerprint density at radius 3 is 1.32 bits per heavy atom. The van der Waals surface area contributed by atoms with Gasteiger partial charge in [0, 0.05) is 21.4 Å². The van der Waals surface area contributed by atoms with Crippen LogP contribution >= 0.6 is 23.2 Å². The molecule has 154 valence electrons. The summed E-state index contributed by atoms with van der Waals surface area (Å²) in [4.78, 5) is 4.86. The normalized spacial score (nSPS) is 18.4. The standard InChI is InChI=1S/C27H22Cl2N2/c28-22-13-7-15-24(17-22)30-19-31(25-16-8-14-23(29)18-25)27(21-11-5-2-6-12-21)26(30)20-9-3-1-4-10-20/h1-18,26-27H,19H2. The van der Waals surface area contributed by atoms with Crippen LogP contribution in [0.3, 0.4) is 0 Å². The molecule has 1 heterocycles. The zero-order valence-corrected chi connectivity index (χ0v) is 18.4. The highest BCUT2D eigenvalue weighted by Crippen LogP contribution is 2.48. The van der Waals surface area contributed by atoms with Gasteiger partial charge in [-0.05, 0) is 47.5 Å². The van der Waals surface area contributed by atoms with Crippen LogP contribution in [0.5, 0.6) is 0 Å². The summed E-state index contributed by atoms with van der Waals surface area (Å²) in [5.74, 6) is 0. The second-order valence-electron chi connectivity index (χ2n) is 7.75. The molecule has 0 spiro atoms. The lowest BCUT2D eigenvalue weighted by molar-refractivity contribution is 0.618. The van der Waals surface area contributed by atoms with E-state index in [2.05, 4.69) is 82.6 Å². The maximum Gasteiger partial charge on any atom is 0.0917 e. The van der Waals surface area contributed by atoms with E-state index in [1.54, 1.807) is 0 Å².